The van der Waals surface area contributed by atoms with E-state index < -0.39 is 0 Å². The number of aryl methyl sites for hydroxylation is 1. The van der Waals surface area contributed by atoms with Gasteiger partial charge in [0.05, 0.1) is 13.3 Å². The summed E-state index contributed by atoms with van der Waals surface area (Å²) in [6.45, 7) is 2.24. The molecule has 0 saturated carbocycles. The Kier molecular flexibility index (Phi) is 5.84. The first-order valence-corrected chi connectivity index (χ1v) is 8.36. The molecule has 0 aliphatic heterocycles. The molecule has 0 aliphatic rings. The number of hydrogen-bond donors (Lipinski definition) is 2. The molecule has 7 nitrogen and oxygen atoms in total. The third kappa shape index (κ3) is 4.94. The molecular formula is C20H20N4O3. The molecule has 0 spiro atoms. The number of H-pyrrole nitrogens is 1. The second kappa shape index (κ2) is 8.66. The lowest BCUT2D eigenvalue weighted by atomic mass is 10.2. The largest absolute Gasteiger partial charge is 0.493 e. The monoisotopic (exact) mass is 364 g/mol. The molecule has 0 radical (unpaired) electrons. The first kappa shape index (κ1) is 18.2. The predicted molar refractivity (Wildman–Crippen MR) is 102 cm³/mol. The van der Waals surface area contributed by atoms with Gasteiger partial charge in [-0.15, -0.1) is 0 Å². The second-order valence-electron chi connectivity index (χ2n) is 5.82. The number of ether oxygens (including phenoxy) is 2. The Morgan fingerprint density at radius 1 is 1.19 bits per heavy atom. The molecule has 0 saturated heterocycles. The van der Waals surface area contributed by atoms with Crippen LogP contribution in [0.25, 0.3) is 0 Å². The van der Waals surface area contributed by atoms with Crippen LogP contribution in [0, 0.1) is 6.92 Å². The van der Waals surface area contributed by atoms with Crippen LogP contribution >= 0.6 is 0 Å². The number of benzene rings is 2. The molecule has 1 heterocycles. The minimum Gasteiger partial charge on any atom is -0.493 e. The van der Waals surface area contributed by atoms with Gasteiger partial charge in [-0.2, -0.15) is 10.2 Å². The van der Waals surface area contributed by atoms with Gasteiger partial charge in [0.15, 0.2) is 17.2 Å². The number of amides is 1. The fourth-order valence-electron chi connectivity index (χ4n) is 2.38. The van der Waals surface area contributed by atoms with E-state index in [9.17, 15) is 4.79 Å². The molecule has 27 heavy (non-hydrogen) atoms. The number of aromatic amines is 1. The van der Waals surface area contributed by atoms with E-state index in [4.69, 9.17) is 9.47 Å². The van der Waals surface area contributed by atoms with Crippen LogP contribution < -0.4 is 14.9 Å². The Balaban J connectivity index is 1.66. The summed E-state index contributed by atoms with van der Waals surface area (Å²) in [4.78, 5) is 11.9. The average molecular weight is 364 g/mol. The van der Waals surface area contributed by atoms with E-state index in [0.717, 1.165) is 16.8 Å². The van der Waals surface area contributed by atoms with E-state index in [1.807, 2.05) is 43.3 Å². The van der Waals surface area contributed by atoms with Gasteiger partial charge >= 0.3 is 0 Å². The number of aromatic nitrogens is 2. The SMILES string of the molecule is COc1ccc(/C=N/NC(=O)c2cc(C)[nH]n2)cc1OCc1ccccc1. The highest BCUT2D eigenvalue weighted by Crippen LogP contribution is 2.28. The van der Waals surface area contributed by atoms with Crippen molar-refractivity contribution in [3.05, 3.63) is 77.1 Å². The summed E-state index contributed by atoms with van der Waals surface area (Å²) in [5.41, 5.74) is 5.35. The van der Waals surface area contributed by atoms with Crippen molar-refractivity contribution in [2.45, 2.75) is 13.5 Å². The van der Waals surface area contributed by atoms with Crippen LogP contribution in [-0.2, 0) is 6.61 Å². The Bertz CT molecular complexity index is 935. The Hall–Kier alpha value is -3.61. The van der Waals surface area contributed by atoms with Gasteiger partial charge in [0.25, 0.3) is 5.91 Å². The minimum atomic E-state index is -0.385. The van der Waals surface area contributed by atoms with Crippen molar-refractivity contribution >= 4 is 12.1 Å². The maximum Gasteiger partial charge on any atom is 0.291 e. The van der Waals surface area contributed by atoms with Crippen LogP contribution in [0.2, 0.25) is 0 Å². The number of nitrogens with one attached hydrogen (secondary N) is 2. The molecule has 138 valence electrons. The molecule has 1 amide bonds. The zero-order chi connectivity index (χ0) is 19.1. The molecule has 7 heteroatoms. The molecule has 1 aromatic heterocycles. The number of nitrogens with zero attached hydrogens (tertiary/aromatic N) is 2. The van der Waals surface area contributed by atoms with Gasteiger partial charge in [-0.05, 0) is 42.3 Å². The zero-order valence-electron chi connectivity index (χ0n) is 15.1. The Morgan fingerprint density at radius 2 is 2.00 bits per heavy atom. The van der Waals surface area contributed by atoms with Gasteiger partial charge in [0.2, 0.25) is 0 Å². The molecular weight excluding hydrogens is 344 g/mol. The number of carbonyl (C=O) groups is 1. The highest BCUT2D eigenvalue weighted by molar-refractivity contribution is 5.93. The fourth-order valence-corrected chi connectivity index (χ4v) is 2.38. The molecule has 0 aliphatic carbocycles. The van der Waals surface area contributed by atoms with E-state index in [1.54, 1.807) is 25.3 Å². The smallest absolute Gasteiger partial charge is 0.291 e. The highest BCUT2D eigenvalue weighted by atomic mass is 16.5. The Labute approximate surface area is 157 Å². The summed E-state index contributed by atoms with van der Waals surface area (Å²) in [6, 6.07) is 16.9. The maximum atomic E-state index is 11.9. The molecule has 2 N–H and O–H groups in total. The number of hydrazone groups is 1. The molecule has 0 atom stereocenters. The van der Waals surface area contributed by atoms with Crippen LogP contribution in [-0.4, -0.2) is 29.4 Å². The highest BCUT2D eigenvalue weighted by Gasteiger charge is 2.08. The number of rotatable bonds is 7. The van der Waals surface area contributed by atoms with Crippen LogP contribution in [0.4, 0.5) is 0 Å². The van der Waals surface area contributed by atoms with Crippen molar-refractivity contribution in [1.29, 1.82) is 0 Å². The van der Waals surface area contributed by atoms with Crippen LogP contribution in [0.15, 0.2) is 59.7 Å². The van der Waals surface area contributed by atoms with Gasteiger partial charge in [0, 0.05) is 5.69 Å². The Morgan fingerprint density at radius 3 is 2.70 bits per heavy atom. The van der Waals surface area contributed by atoms with E-state index in [-0.39, 0.29) is 11.6 Å². The standard InChI is InChI=1S/C20H20N4O3/c1-14-10-17(23-22-14)20(25)24-21-12-16-8-9-18(26-2)19(11-16)27-13-15-6-4-3-5-7-15/h3-12H,13H2,1-2H3,(H,22,23)(H,24,25)/b21-12+. The van der Waals surface area contributed by atoms with E-state index in [0.29, 0.717) is 18.1 Å². The normalized spacial score (nSPS) is 10.7. The lowest BCUT2D eigenvalue weighted by Crippen LogP contribution is -2.18. The molecule has 0 fully saturated rings. The molecule has 3 rings (SSSR count). The third-order valence-electron chi connectivity index (χ3n) is 3.74. The van der Waals surface area contributed by atoms with E-state index >= 15 is 0 Å². The minimum absolute atomic E-state index is 0.284. The van der Waals surface area contributed by atoms with Gasteiger partial charge in [0.1, 0.15) is 6.61 Å². The van der Waals surface area contributed by atoms with Crippen molar-refractivity contribution in [3.8, 4) is 11.5 Å². The summed E-state index contributed by atoms with van der Waals surface area (Å²) in [5.74, 6) is 0.836. The maximum absolute atomic E-state index is 11.9. The molecule has 2 aromatic carbocycles. The fraction of sp³-hybridized carbons (Fsp3) is 0.150. The van der Waals surface area contributed by atoms with Crippen molar-refractivity contribution in [1.82, 2.24) is 15.6 Å². The van der Waals surface area contributed by atoms with Crippen LogP contribution in [0.3, 0.4) is 0 Å². The first-order chi connectivity index (χ1) is 13.2. The molecule has 0 bridgehead atoms. The van der Waals surface area contributed by atoms with Gasteiger partial charge in [-0.3, -0.25) is 9.89 Å². The van der Waals surface area contributed by atoms with Gasteiger partial charge in [-0.25, -0.2) is 5.43 Å². The van der Waals surface area contributed by atoms with Gasteiger partial charge < -0.3 is 9.47 Å². The number of carbonyl (C=O) groups excluding carboxylic acids is 1. The number of hydrogen-bond acceptors (Lipinski definition) is 5. The van der Waals surface area contributed by atoms with Crippen molar-refractivity contribution in [2.75, 3.05) is 7.11 Å². The third-order valence-corrected chi connectivity index (χ3v) is 3.74. The summed E-state index contributed by atoms with van der Waals surface area (Å²) in [5, 5.41) is 10.6. The topological polar surface area (TPSA) is 88.6 Å². The lowest BCUT2D eigenvalue weighted by Gasteiger charge is -2.11. The van der Waals surface area contributed by atoms with Crippen molar-refractivity contribution < 1.29 is 14.3 Å². The molecule has 3 aromatic rings. The van der Waals surface area contributed by atoms with Crippen molar-refractivity contribution in [3.63, 3.8) is 0 Å². The first-order valence-electron chi connectivity index (χ1n) is 8.36. The quantitative estimate of drug-likeness (QED) is 0.498. The number of methoxy groups -OCH3 is 1. The average Bonchev–Trinajstić information content (AvgIpc) is 3.14. The van der Waals surface area contributed by atoms with Crippen LogP contribution in [0.1, 0.15) is 27.3 Å². The second-order valence-corrected chi connectivity index (χ2v) is 5.82. The zero-order valence-corrected chi connectivity index (χ0v) is 15.1. The van der Waals surface area contributed by atoms with Crippen molar-refractivity contribution in [2.24, 2.45) is 5.10 Å². The van der Waals surface area contributed by atoms with E-state index in [2.05, 4.69) is 20.7 Å². The van der Waals surface area contributed by atoms with Crippen LogP contribution in [0.5, 0.6) is 11.5 Å². The predicted octanol–water partition coefficient (Wildman–Crippen LogP) is 3.07. The summed E-state index contributed by atoms with van der Waals surface area (Å²) in [6.07, 6.45) is 1.53. The summed E-state index contributed by atoms with van der Waals surface area (Å²) in [7, 11) is 1.59. The van der Waals surface area contributed by atoms with E-state index in [1.165, 1.54) is 6.21 Å². The summed E-state index contributed by atoms with van der Waals surface area (Å²) < 4.78 is 11.2. The van der Waals surface area contributed by atoms with Gasteiger partial charge in [-0.1, -0.05) is 30.3 Å². The summed E-state index contributed by atoms with van der Waals surface area (Å²) >= 11 is 0. The molecule has 0 unspecified atom stereocenters. The lowest BCUT2D eigenvalue weighted by molar-refractivity contribution is 0.0950.